The molecule has 0 spiro atoms. The molecule has 3 nitrogen and oxygen atoms in total. The molecular formula is C9H19NO2S. The Balaban J connectivity index is 2.55. The van der Waals surface area contributed by atoms with E-state index in [-0.39, 0.29) is 5.25 Å². The largest absolute Gasteiger partial charge is 0.299 e. The highest BCUT2D eigenvalue weighted by Gasteiger charge is 2.31. The van der Waals surface area contributed by atoms with Crippen LogP contribution in [0.4, 0.5) is 0 Å². The molecule has 0 radical (unpaired) electrons. The van der Waals surface area contributed by atoms with E-state index in [4.69, 9.17) is 0 Å². The Kier molecular flexibility index (Phi) is 3.35. The van der Waals surface area contributed by atoms with Gasteiger partial charge in [-0.1, -0.05) is 6.92 Å². The predicted octanol–water partition coefficient (Wildman–Crippen LogP) is 0.904. The number of likely N-dealkylation sites (tertiary alicyclic amines) is 1. The summed E-state index contributed by atoms with van der Waals surface area (Å²) in [7, 11) is -2.82. The van der Waals surface area contributed by atoms with Crippen LogP contribution in [-0.2, 0) is 9.84 Å². The minimum atomic E-state index is -2.82. The van der Waals surface area contributed by atoms with E-state index in [0.717, 1.165) is 25.9 Å². The Morgan fingerprint density at radius 3 is 2.54 bits per heavy atom. The van der Waals surface area contributed by atoms with Crippen molar-refractivity contribution in [2.24, 2.45) is 0 Å². The summed E-state index contributed by atoms with van der Waals surface area (Å²) < 4.78 is 22.5. The fourth-order valence-corrected chi connectivity index (χ4v) is 2.76. The molecule has 0 N–H and O–H groups in total. The van der Waals surface area contributed by atoms with Gasteiger partial charge in [-0.05, 0) is 26.3 Å². The van der Waals surface area contributed by atoms with Crippen molar-refractivity contribution in [1.82, 2.24) is 4.90 Å². The SMILES string of the molecule is CCC(C)N1CCC(S(C)(=O)=O)C1. The van der Waals surface area contributed by atoms with Gasteiger partial charge >= 0.3 is 0 Å². The molecule has 0 saturated carbocycles. The Hall–Kier alpha value is -0.0900. The average Bonchev–Trinajstić information content (AvgIpc) is 2.50. The first-order valence-electron chi connectivity index (χ1n) is 4.88. The van der Waals surface area contributed by atoms with E-state index in [1.807, 2.05) is 0 Å². The molecule has 0 aromatic carbocycles. The maximum atomic E-state index is 11.3. The Labute approximate surface area is 81.0 Å². The van der Waals surface area contributed by atoms with Gasteiger partial charge in [0.15, 0.2) is 9.84 Å². The van der Waals surface area contributed by atoms with Crippen molar-refractivity contribution >= 4 is 9.84 Å². The zero-order chi connectivity index (χ0) is 10.1. The zero-order valence-corrected chi connectivity index (χ0v) is 9.47. The summed E-state index contributed by atoms with van der Waals surface area (Å²) in [5.41, 5.74) is 0. The molecule has 13 heavy (non-hydrogen) atoms. The lowest BCUT2D eigenvalue weighted by atomic mass is 10.2. The van der Waals surface area contributed by atoms with Gasteiger partial charge in [0, 0.05) is 18.8 Å². The van der Waals surface area contributed by atoms with Crippen molar-refractivity contribution < 1.29 is 8.42 Å². The summed E-state index contributed by atoms with van der Waals surface area (Å²) in [5, 5.41) is -0.124. The molecule has 2 atom stereocenters. The first-order valence-corrected chi connectivity index (χ1v) is 6.83. The van der Waals surface area contributed by atoms with E-state index in [0.29, 0.717) is 6.04 Å². The number of hydrogen-bond donors (Lipinski definition) is 0. The molecule has 78 valence electrons. The molecule has 0 amide bonds. The van der Waals surface area contributed by atoms with Crippen LogP contribution in [0.25, 0.3) is 0 Å². The Bertz CT molecular complexity index is 261. The van der Waals surface area contributed by atoms with E-state index >= 15 is 0 Å². The van der Waals surface area contributed by atoms with Crippen molar-refractivity contribution in [2.45, 2.75) is 38.0 Å². The molecule has 4 heteroatoms. The van der Waals surface area contributed by atoms with Crippen LogP contribution in [0.1, 0.15) is 26.7 Å². The van der Waals surface area contributed by atoms with Crippen molar-refractivity contribution in [3.63, 3.8) is 0 Å². The Morgan fingerprint density at radius 1 is 1.54 bits per heavy atom. The smallest absolute Gasteiger partial charge is 0.151 e. The van der Waals surface area contributed by atoms with Gasteiger partial charge in [-0.3, -0.25) is 4.90 Å². The summed E-state index contributed by atoms with van der Waals surface area (Å²) in [4.78, 5) is 2.27. The van der Waals surface area contributed by atoms with Crippen LogP contribution < -0.4 is 0 Å². The van der Waals surface area contributed by atoms with E-state index in [9.17, 15) is 8.42 Å². The molecule has 2 unspecified atom stereocenters. The molecule has 1 aliphatic heterocycles. The Morgan fingerprint density at radius 2 is 2.15 bits per heavy atom. The van der Waals surface area contributed by atoms with Crippen molar-refractivity contribution in [1.29, 1.82) is 0 Å². The van der Waals surface area contributed by atoms with Crippen molar-refractivity contribution in [3.8, 4) is 0 Å². The van der Waals surface area contributed by atoms with E-state index < -0.39 is 9.84 Å². The summed E-state index contributed by atoms with van der Waals surface area (Å²) in [5.74, 6) is 0. The van der Waals surface area contributed by atoms with Crippen LogP contribution in [0.3, 0.4) is 0 Å². The zero-order valence-electron chi connectivity index (χ0n) is 8.66. The van der Waals surface area contributed by atoms with Gasteiger partial charge in [-0.2, -0.15) is 0 Å². The van der Waals surface area contributed by atoms with Crippen molar-refractivity contribution in [3.05, 3.63) is 0 Å². The van der Waals surface area contributed by atoms with E-state index in [1.165, 1.54) is 6.26 Å². The predicted molar refractivity (Wildman–Crippen MR) is 54.6 cm³/mol. The minimum absolute atomic E-state index is 0.124. The fourth-order valence-electron chi connectivity index (χ4n) is 1.76. The quantitative estimate of drug-likeness (QED) is 0.687. The lowest BCUT2D eigenvalue weighted by Gasteiger charge is -2.22. The topological polar surface area (TPSA) is 37.4 Å². The van der Waals surface area contributed by atoms with E-state index in [1.54, 1.807) is 0 Å². The molecule has 0 bridgehead atoms. The molecule has 1 aliphatic rings. The number of rotatable bonds is 3. The highest BCUT2D eigenvalue weighted by molar-refractivity contribution is 7.91. The lowest BCUT2D eigenvalue weighted by molar-refractivity contribution is 0.253. The molecule has 0 aliphatic carbocycles. The maximum Gasteiger partial charge on any atom is 0.151 e. The van der Waals surface area contributed by atoms with Crippen LogP contribution in [-0.4, -0.2) is 44.0 Å². The molecule has 1 heterocycles. The van der Waals surface area contributed by atoms with Crippen LogP contribution in [0.5, 0.6) is 0 Å². The van der Waals surface area contributed by atoms with Gasteiger partial charge < -0.3 is 0 Å². The summed E-state index contributed by atoms with van der Waals surface area (Å²) in [6, 6.07) is 0.520. The van der Waals surface area contributed by atoms with Gasteiger partial charge in [0.1, 0.15) is 0 Å². The average molecular weight is 205 g/mol. The summed E-state index contributed by atoms with van der Waals surface area (Å²) >= 11 is 0. The number of sulfone groups is 1. The molecular weight excluding hydrogens is 186 g/mol. The third kappa shape index (κ3) is 2.68. The van der Waals surface area contributed by atoms with Crippen molar-refractivity contribution in [2.75, 3.05) is 19.3 Å². The second-order valence-corrected chi connectivity index (χ2v) is 6.32. The number of nitrogens with zero attached hydrogens (tertiary/aromatic N) is 1. The summed E-state index contributed by atoms with van der Waals surface area (Å²) in [6.07, 6.45) is 3.25. The molecule has 0 aromatic heterocycles. The fraction of sp³-hybridized carbons (Fsp3) is 1.00. The van der Waals surface area contributed by atoms with Crippen LogP contribution in [0, 0.1) is 0 Å². The second-order valence-electron chi connectivity index (χ2n) is 3.99. The molecule has 1 saturated heterocycles. The first-order chi connectivity index (χ1) is 5.95. The van der Waals surface area contributed by atoms with Gasteiger partial charge in [0.25, 0.3) is 0 Å². The maximum absolute atomic E-state index is 11.3. The normalized spacial score (nSPS) is 27.8. The van der Waals surface area contributed by atoms with Gasteiger partial charge in [0.2, 0.25) is 0 Å². The first kappa shape index (κ1) is 11.0. The summed E-state index contributed by atoms with van der Waals surface area (Å²) in [6.45, 7) is 5.96. The molecule has 0 aromatic rings. The standard InChI is InChI=1S/C9H19NO2S/c1-4-8(2)10-6-5-9(7-10)13(3,11)12/h8-9H,4-7H2,1-3H3. The van der Waals surface area contributed by atoms with Gasteiger partial charge in [-0.25, -0.2) is 8.42 Å². The monoisotopic (exact) mass is 205 g/mol. The molecule has 1 fully saturated rings. The number of hydrogen-bond acceptors (Lipinski definition) is 3. The lowest BCUT2D eigenvalue weighted by Crippen LogP contribution is -2.32. The highest BCUT2D eigenvalue weighted by atomic mass is 32.2. The van der Waals surface area contributed by atoms with Crippen LogP contribution in [0.15, 0.2) is 0 Å². The van der Waals surface area contributed by atoms with Gasteiger partial charge in [-0.15, -0.1) is 0 Å². The van der Waals surface area contributed by atoms with Crippen LogP contribution >= 0.6 is 0 Å². The second kappa shape index (κ2) is 3.96. The third-order valence-corrected chi connectivity index (χ3v) is 4.59. The molecule has 1 rings (SSSR count). The van der Waals surface area contributed by atoms with Crippen LogP contribution in [0.2, 0.25) is 0 Å². The third-order valence-electron chi connectivity index (χ3n) is 3.00. The highest BCUT2D eigenvalue weighted by Crippen LogP contribution is 2.19. The van der Waals surface area contributed by atoms with Gasteiger partial charge in [0.05, 0.1) is 5.25 Å². The van der Waals surface area contributed by atoms with E-state index in [2.05, 4.69) is 18.7 Å². The minimum Gasteiger partial charge on any atom is -0.299 e.